The molecule has 1 aliphatic rings. The van der Waals surface area contributed by atoms with Gasteiger partial charge in [0.1, 0.15) is 0 Å². The van der Waals surface area contributed by atoms with Gasteiger partial charge in [0.15, 0.2) is 0 Å². The number of hydrogen-bond acceptors (Lipinski definition) is 1. The number of benzene rings is 1. The molecule has 0 spiro atoms. The van der Waals surface area contributed by atoms with Gasteiger partial charge in [-0.3, -0.25) is 5.10 Å². The van der Waals surface area contributed by atoms with Gasteiger partial charge in [-0.2, -0.15) is 5.10 Å². The Balaban J connectivity index is 1.89. The number of H-pyrrole nitrogens is 1. The molecule has 0 aliphatic heterocycles. The molecule has 0 amide bonds. The molecular weight excluding hydrogens is 232 g/mol. The van der Waals surface area contributed by atoms with Crippen molar-refractivity contribution in [2.75, 3.05) is 0 Å². The average molecular weight is 250 g/mol. The van der Waals surface area contributed by atoms with Gasteiger partial charge >= 0.3 is 0 Å². The lowest BCUT2D eigenvalue weighted by atomic mass is 10.0. The van der Waals surface area contributed by atoms with Crippen LogP contribution in [0.3, 0.4) is 0 Å². The minimum absolute atomic E-state index is 1.03. The van der Waals surface area contributed by atoms with Gasteiger partial charge in [-0.25, -0.2) is 0 Å². The Hall–Kier alpha value is -2.09. The third kappa shape index (κ3) is 2.39. The fourth-order valence-electron chi connectivity index (χ4n) is 2.38. The van der Waals surface area contributed by atoms with Crippen LogP contribution in [0.25, 0.3) is 18.2 Å². The van der Waals surface area contributed by atoms with E-state index in [1.807, 2.05) is 0 Å². The number of aryl methyl sites for hydroxylation is 3. The van der Waals surface area contributed by atoms with Gasteiger partial charge in [0.25, 0.3) is 0 Å². The second-order valence-electron chi connectivity index (χ2n) is 5.12. The number of hydrogen-bond donors (Lipinski definition) is 1. The zero-order valence-electron chi connectivity index (χ0n) is 11.4. The molecule has 1 heterocycles. The lowest BCUT2D eigenvalue weighted by molar-refractivity contribution is 0.907. The van der Waals surface area contributed by atoms with Crippen molar-refractivity contribution in [1.82, 2.24) is 10.2 Å². The summed E-state index contributed by atoms with van der Waals surface area (Å²) in [7, 11) is 0. The first-order valence-electron chi connectivity index (χ1n) is 6.73. The van der Waals surface area contributed by atoms with Gasteiger partial charge in [0.05, 0.1) is 5.69 Å². The third-order valence-electron chi connectivity index (χ3n) is 3.72. The number of fused-ring (bicyclic) bond motifs is 1. The molecule has 2 aromatic rings. The predicted octanol–water partition coefficient (Wildman–Crippen LogP) is 4.16. The van der Waals surface area contributed by atoms with Crippen molar-refractivity contribution in [3.63, 3.8) is 0 Å². The summed E-state index contributed by atoms with van der Waals surface area (Å²) in [6.45, 7) is 4.28. The standard InChI is InChI=1S/C17H18N2/c1-12-7-8-14(11-13(12)2)9-10-17-15-5-3-4-6-16(15)18-19-17/h3,5,7-11H,4,6H2,1-2H3,(H,18,19)/b10-9+. The smallest absolute Gasteiger partial charge is 0.0923 e. The van der Waals surface area contributed by atoms with Crippen LogP contribution in [0.1, 0.15) is 40.1 Å². The Labute approximate surface area is 113 Å². The van der Waals surface area contributed by atoms with Crippen LogP contribution >= 0.6 is 0 Å². The molecule has 2 heteroatoms. The predicted molar refractivity (Wildman–Crippen MR) is 80.8 cm³/mol. The maximum atomic E-state index is 4.39. The van der Waals surface area contributed by atoms with E-state index in [4.69, 9.17) is 0 Å². The number of aromatic nitrogens is 2. The SMILES string of the molecule is Cc1ccc(/C=C/c2n[nH]c3c2C=CCC3)cc1C. The number of rotatable bonds is 2. The zero-order chi connectivity index (χ0) is 13.2. The van der Waals surface area contributed by atoms with E-state index >= 15 is 0 Å². The first-order chi connectivity index (χ1) is 9.24. The molecule has 0 bridgehead atoms. The summed E-state index contributed by atoms with van der Waals surface area (Å²) in [5.41, 5.74) is 7.40. The fraction of sp³-hybridized carbons (Fsp3) is 0.235. The van der Waals surface area contributed by atoms with Crippen molar-refractivity contribution in [2.45, 2.75) is 26.7 Å². The van der Waals surface area contributed by atoms with Crippen molar-refractivity contribution in [3.05, 3.63) is 57.9 Å². The highest BCUT2D eigenvalue weighted by molar-refractivity contribution is 5.74. The lowest BCUT2D eigenvalue weighted by Gasteiger charge is -2.03. The summed E-state index contributed by atoms with van der Waals surface area (Å²) in [6.07, 6.45) is 10.8. The molecule has 1 aromatic carbocycles. The minimum Gasteiger partial charge on any atom is -0.281 e. The average Bonchev–Trinajstić information content (AvgIpc) is 2.83. The second-order valence-corrected chi connectivity index (χ2v) is 5.12. The Morgan fingerprint density at radius 3 is 2.89 bits per heavy atom. The number of allylic oxidation sites excluding steroid dienone is 1. The normalized spacial score (nSPS) is 14.0. The summed E-state index contributed by atoms with van der Waals surface area (Å²) in [5.74, 6) is 0. The molecule has 3 rings (SSSR count). The van der Waals surface area contributed by atoms with E-state index in [1.54, 1.807) is 0 Å². The van der Waals surface area contributed by atoms with E-state index in [9.17, 15) is 0 Å². The number of nitrogens with zero attached hydrogens (tertiary/aromatic N) is 1. The largest absolute Gasteiger partial charge is 0.281 e. The van der Waals surface area contributed by atoms with Gasteiger partial charge in [0.2, 0.25) is 0 Å². The van der Waals surface area contributed by atoms with Crippen molar-refractivity contribution in [2.24, 2.45) is 0 Å². The zero-order valence-corrected chi connectivity index (χ0v) is 11.4. The van der Waals surface area contributed by atoms with E-state index in [0.717, 1.165) is 18.5 Å². The van der Waals surface area contributed by atoms with Gasteiger partial charge in [-0.05, 0) is 49.5 Å². The van der Waals surface area contributed by atoms with Gasteiger partial charge in [-0.1, -0.05) is 36.4 Å². The molecular formula is C17H18N2. The van der Waals surface area contributed by atoms with Crippen LogP contribution in [0.2, 0.25) is 0 Å². The molecule has 0 fully saturated rings. The fourth-order valence-corrected chi connectivity index (χ4v) is 2.38. The summed E-state index contributed by atoms with van der Waals surface area (Å²) in [4.78, 5) is 0. The highest BCUT2D eigenvalue weighted by atomic mass is 15.1. The molecule has 96 valence electrons. The van der Waals surface area contributed by atoms with Gasteiger partial charge in [-0.15, -0.1) is 0 Å². The first-order valence-corrected chi connectivity index (χ1v) is 6.73. The van der Waals surface area contributed by atoms with E-state index in [2.05, 4.69) is 66.5 Å². The van der Waals surface area contributed by atoms with Crippen LogP contribution in [0, 0.1) is 13.8 Å². The summed E-state index contributed by atoms with van der Waals surface area (Å²) < 4.78 is 0. The van der Waals surface area contributed by atoms with Crippen molar-refractivity contribution in [3.8, 4) is 0 Å². The van der Waals surface area contributed by atoms with Gasteiger partial charge < -0.3 is 0 Å². The molecule has 0 radical (unpaired) electrons. The minimum atomic E-state index is 1.03. The van der Waals surface area contributed by atoms with Crippen LogP contribution < -0.4 is 0 Å². The van der Waals surface area contributed by atoms with Crippen LogP contribution in [-0.4, -0.2) is 10.2 Å². The number of nitrogens with one attached hydrogen (secondary N) is 1. The maximum Gasteiger partial charge on any atom is 0.0923 e. The van der Waals surface area contributed by atoms with Crippen LogP contribution in [-0.2, 0) is 6.42 Å². The monoisotopic (exact) mass is 250 g/mol. The lowest BCUT2D eigenvalue weighted by Crippen LogP contribution is -1.91. The van der Waals surface area contributed by atoms with Crippen LogP contribution in [0.5, 0.6) is 0 Å². The van der Waals surface area contributed by atoms with E-state index < -0.39 is 0 Å². The summed E-state index contributed by atoms with van der Waals surface area (Å²) in [6, 6.07) is 6.52. The first kappa shape index (κ1) is 12.0. The third-order valence-corrected chi connectivity index (χ3v) is 3.72. The molecule has 1 N–H and O–H groups in total. The second kappa shape index (κ2) is 4.88. The van der Waals surface area contributed by atoms with Crippen LogP contribution in [0.4, 0.5) is 0 Å². The topological polar surface area (TPSA) is 28.7 Å². The van der Waals surface area contributed by atoms with Crippen LogP contribution in [0.15, 0.2) is 24.3 Å². The Morgan fingerprint density at radius 1 is 1.16 bits per heavy atom. The Bertz CT molecular complexity index is 660. The van der Waals surface area contributed by atoms with Crippen molar-refractivity contribution >= 4 is 18.2 Å². The molecule has 1 aliphatic carbocycles. The molecule has 0 unspecified atom stereocenters. The maximum absolute atomic E-state index is 4.39. The Morgan fingerprint density at radius 2 is 2.05 bits per heavy atom. The van der Waals surface area contributed by atoms with E-state index in [-0.39, 0.29) is 0 Å². The van der Waals surface area contributed by atoms with E-state index in [0.29, 0.717) is 0 Å². The molecule has 1 aromatic heterocycles. The molecule has 19 heavy (non-hydrogen) atoms. The molecule has 0 saturated carbocycles. The summed E-state index contributed by atoms with van der Waals surface area (Å²) >= 11 is 0. The Kier molecular flexibility index (Phi) is 3.08. The summed E-state index contributed by atoms with van der Waals surface area (Å²) in [5, 5.41) is 7.52. The number of aromatic amines is 1. The molecule has 0 saturated heterocycles. The molecule has 2 nitrogen and oxygen atoms in total. The highest BCUT2D eigenvalue weighted by Gasteiger charge is 2.10. The van der Waals surface area contributed by atoms with E-state index in [1.165, 1.54) is 27.9 Å². The highest BCUT2D eigenvalue weighted by Crippen LogP contribution is 2.22. The quantitative estimate of drug-likeness (QED) is 0.852. The van der Waals surface area contributed by atoms with Crippen molar-refractivity contribution in [1.29, 1.82) is 0 Å². The molecule has 0 atom stereocenters. The van der Waals surface area contributed by atoms with Crippen molar-refractivity contribution < 1.29 is 0 Å². The van der Waals surface area contributed by atoms with Gasteiger partial charge in [0, 0.05) is 11.3 Å².